The Hall–Kier alpha value is 0.290. The summed E-state index contributed by atoms with van der Waals surface area (Å²) in [5.41, 5.74) is 5.39. The van der Waals surface area contributed by atoms with Crippen LogP contribution in [0.2, 0.25) is 0 Å². The summed E-state index contributed by atoms with van der Waals surface area (Å²) in [7, 11) is 0. The normalized spacial score (nSPS) is 26.8. The first kappa shape index (κ1) is 15.7. The fraction of sp³-hybridized carbons (Fsp3) is 1.00. The zero-order valence-corrected chi connectivity index (χ0v) is 8.44. The molecular formula is C6H13Cl2F3N2. The molecule has 0 atom stereocenters. The summed E-state index contributed by atoms with van der Waals surface area (Å²) in [6.07, 6.45) is -2.77. The highest BCUT2D eigenvalue weighted by Gasteiger charge is 2.32. The van der Waals surface area contributed by atoms with Gasteiger partial charge in [0, 0.05) is 12.1 Å². The van der Waals surface area contributed by atoms with Crippen molar-refractivity contribution in [1.82, 2.24) is 5.32 Å². The Morgan fingerprint density at radius 3 is 2.00 bits per heavy atom. The van der Waals surface area contributed by atoms with Gasteiger partial charge in [-0.3, -0.25) is 0 Å². The Kier molecular flexibility index (Phi) is 7.15. The molecule has 0 aliphatic heterocycles. The summed E-state index contributed by atoms with van der Waals surface area (Å²) < 4.78 is 34.7. The van der Waals surface area contributed by atoms with Crippen LogP contribution < -0.4 is 11.1 Å². The monoisotopic (exact) mass is 240 g/mol. The van der Waals surface area contributed by atoms with Crippen molar-refractivity contribution in [3.63, 3.8) is 0 Å². The first-order valence-electron chi connectivity index (χ1n) is 3.53. The van der Waals surface area contributed by atoms with E-state index in [-0.39, 0.29) is 36.9 Å². The van der Waals surface area contributed by atoms with Crippen LogP contribution in [0.4, 0.5) is 13.2 Å². The van der Waals surface area contributed by atoms with Crippen LogP contribution in [0.3, 0.4) is 0 Å². The molecule has 3 N–H and O–H groups in total. The van der Waals surface area contributed by atoms with Crippen LogP contribution in [0, 0.1) is 0 Å². The van der Waals surface area contributed by atoms with Crippen LogP contribution in [0.15, 0.2) is 0 Å². The van der Waals surface area contributed by atoms with Crippen molar-refractivity contribution >= 4 is 24.8 Å². The smallest absolute Gasteiger partial charge is 0.328 e. The molecule has 0 radical (unpaired) electrons. The zero-order chi connectivity index (χ0) is 8.48. The molecule has 0 heterocycles. The Labute approximate surface area is 87.3 Å². The van der Waals surface area contributed by atoms with Gasteiger partial charge in [-0.15, -0.1) is 24.8 Å². The lowest BCUT2D eigenvalue weighted by atomic mass is 9.88. The second-order valence-electron chi connectivity index (χ2n) is 2.92. The molecule has 1 aliphatic carbocycles. The molecular weight excluding hydrogens is 228 g/mol. The second-order valence-corrected chi connectivity index (χ2v) is 2.92. The van der Waals surface area contributed by atoms with Gasteiger partial charge in [0.25, 0.3) is 0 Å². The summed E-state index contributed by atoms with van der Waals surface area (Å²) in [5, 5.41) is 2.38. The lowest BCUT2D eigenvalue weighted by molar-refractivity contribution is -0.127. The number of hydrogen-bond donors (Lipinski definition) is 2. The van der Waals surface area contributed by atoms with E-state index in [2.05, 4.69) is 5.32 Å². The maximum absolute atomic E-state index is 11.6. The van der Waals surface area contributed by atoms with E-state index in [1.54, 1.807) is 0 Å². The maximum Gasteiger partial charge on any atom is 0.401 e. The Morgan fingerprint density at radius 1 is 1.23 bits per heavy atom. The van der Waals surface area contributed by atoms with E-state index in [1.807, 2.05) is 0 Å². The molecule has 0 aromatic rings. The van der Waals surface area contributed by atoms with Crippen LogP contribution in [-0.4, -0.2) is 24.8 Å². The van der Waals surface area contributed by atoms with Crippen molar-refractivity contribution < 1.29 is 13.2 Å². The summed E-state index contributed by atoms with van der Waals surface area (Å²) in [6.45, 7) is -0.898. The number of halogens is 5. The second kappa shape index (κ2) is 5.90. The van der Waals surface area contributed by atoms with Gasteiger partial charge in [0.1, 0.15) is 0 Å². The van der Waals surface area contributed by atoms with Crippen molar-refractivity contribution in [3.05, 3.63) is 0 Å². The molecule has 0 saturated heterocycles. The van der Waals surface area contributed by atoms with Gasteiger partial charge in [-0.2, -0.15) is 13.2 Å². The van der Waals surface area contributed by atoms with Crippen LogP contribution in [0.1, 0.15) is 12.8 Å². The highest BCUT2D eigenvalue weighted by atomic mass is 35.5. The Morgan fingerprint density at radius 2 is 1.69 bits per heavy atom. The molecule has 1 fully saturated rings. The van der Waals surface area contributed by atoms with E-state index in [9.17, 15) is 13.2 Å². The van der Waals surface area contributed by atoms with Gasteiger partial charge in [0.15, 0.2) is 0 Å². The summed E-state index contributed by atoms with van der Waals surface area (Å²) in [6, 6.07) is 0.0763. The molecule has 82 valence electrons. The van der Waals surface area contributed by atoms with E-state index in [0.29, 0.717) is 12.8 Å². The first-order valence-corrected chi connectivity index (χ1v) is 3.53. The zero-order valence-electron chi connectivity index (χ0n) is 6.80. The molecule has 0 bridgehead atoms. The van der Waals surface area contributed by atoms with Crippen LogP contribution in [0.5, 0.6) is 0 Å². The van der Waals surface area contributed by atoms with E-state index in [4.69, 9.17) is 5.73 Å². The van der Waals surface area contributed by atoms with Crippen molar-refractivity contribution in [3.8, 4) is 0 Å². The predicted molar refractivity (Wildman–Crippen MR) is 49.6 cm³/mol. The average molecular weight is 241 g/mol. The third-order valence-corrected chi connectivity index (χ3v) is 1.77. The van der Waals surface area contributed by atoms with Crippen LogP contribution in [0.25, 0.3) is 0 Å². The maximum atomic E-state index is 11.6. The Balaban J connectivity index is 0. The van der Waals surface area contributed by atoms with E-state index in [0.717, 1.165) is 0 Å². The standard InChI is InChI=1S/C6H11F3N2.2ClH/c7-6(8,9)3-11-5-1-4(10)2-5;;/h4-5,11H,1-3,10H2;2*1H. The minimum atomic E-state index is -4.10. The third kappa shape index (κ3) is 6.37. The Bertz CT molecular complexity index is 136. The first-order chi connectivity index (χ1) is 4.97. The molecule has 13 heavy (non-hydrogen) atoms. The molecule has 0 aromatic heterocycles. The van der Waals surface area contributed by atoms with E-state index >= 15 is 0 Å². The topological polar surface area (TPSA) is 38.0 Å². The fourth-order valence-corrected chi connectivity index (χ4v) is 1.09. The number of nitrogens with one attached hydrogen (secondary N) is 1. The van der Waals surface area contributed by atoms with Gasteiger partial charge >= 0.3 is 6.18 Å². The fourth-order valence-electron chi connectivity index (χ4n) is 1.09. The minimum Gasteiger partial charge on any atom is -0.328 e. The quantitative estimate of drug-likeness (QED) is 0.768. The van der Waals surface area contributed by atoms with Gasteiger partial charge in [-0.25, -0.2) is 0 Å². The summed E-state index contributed by atoms with van der Waals surface area (Å²) in [5.74, 6) is 0. The van der Waals surface area contributed by atoms with Crippen LogP contribution in [-0.2, 0) is 0 Å². The molecule has 1 rings (SSSR count). The number of alkyl halides is 3. The third-order valence-electron chi connectivity index (χ3n) is 1.77. The molecule has 2 nitrogen and oxygen atoms in total. The van der Waals surface area contributed by atoms with Crippen molar-refractivity contribution in [2.45, 2.75) is 31.1 Å². The van der Waals surface area contributed by atoms with Gasteiger partial charge in [0.05, 0.1) is 6.54 Å². The highest BCUT2D eigenvalue weighted by Crippen LogP contribution is 2.19. The highest BCUT2D eigenvalue weighted by molar-refractivity contribution is 5.85. The molecule has 7 heteroatoms. The van der Waals surface area contributed by atoms with Gasteiger partial charge in [-0.1, -0.05) is 0 Å². The number of nitrogens with two attached hydrogens (primary N) is 1. The molecule has 0 spiro atoms. The van der Waals surface area contributed by atoms with Crippen molar-refractivity contribution in [2.24, 2.45) is 5.73 Å². The lowest BCUT2D eigenvalue weighted by Gasteiger charge is -2.33. The van der Waals surface area contributed by atoms with Crippen molar-refractivity contribution in [2.75, 3.05) is 6.54 Å². The average Bonchev–Trinajstić information content (AvgIpc) is 1.75. The SMILES string of the molecule is Cl.Cl.NC1CC(NCC(F)(F)F)C1. The number of rotatable bonds is 2. The van der Waals surface area contributed by atoms with Gasteiger partial charge in [-0.05, 0) is 12.8 Å². The number of hydrogen-bond acceptors (Lipinski definition) is 2. The molecule has 0 amide bonds. The molecule has 1 saturated carbocycles. The molecule has 0 unspecified atom stereocenters. The van der Waals surface area contributed by atoms with Crippen molar-refractivity contribution in [1.29, 1.82) is 0 Å². The van der Waals surface area contributed by atoms with Crippen LogP contribution >= 0.6 is 24.8 Å². The lowest BCUT2D eigenvalue weighted by Crippen LogP contribution is -2.50. The van der Waals surface area contributed by atoms with Gasteiger partial charge < -0.3 is 11.1 Å². The molecule has 1 aliphatic rings. The largest absolute Gasteiger partial charge is 0.401 e. The van der Waals surface area contributed by atoms with E-state index < -0.39 is 12.7 Å². The minimum absolute atomic E-state index is 0. The summed E-state index contributed by atoms with van der Waals surface area (Å²) in [4.78, 5) is 0. The molecule has 0 aromatic carbocycles. The van der Waals surface area contributed by atoms with E-state index in [1.165, 1.54) is 0 Å². The predicted octanol–water partition coefficient (Wildman–Crippen LogP) is 1.47. The van der Waals surface area contributed by atoms with Gasteiger partial charge in [0.2, 0.25) is 0 Å². The summed E-state index contributed by atoms with van der Waals surface area (Å²) >= 11 is 0.